The molecule has 0 bridgehead atoms. The highest BCUT2D eigenvalue weighted by molar-refractivity contribution is 9.10. The standard InChI is InChI=1S/C14H15BrOS/c1-4-5-6-11(2)10-16-13-7-12(15)8-14(9-13)17-3/h4-9H,1-2,10H2,3H3/b6-5-. The van der Waals surface area contributed by atoms with Crippen LogP contribution in [0.15, 0.2) is 64.5 Å². The summed E-state index contributed by atoms with van der Waals surface area (Å²) in [5, 5.41) is 0. The average molecular weight is 311 g/mol. The largest absolute Gasteiger partial charge is 0.489 e. The van der Waals surface area contributed by atoms with E-state index in [0.29, 0.717) is 6.61 Å². The minimum Gasteiger partial charge on any atom is -0.489 e. The minimum absolute atomic E-state index is 0.481. The van der Waals surface area contributed by atoms with Gasteiger partial charge in [0.25, 0.3) is 0 Å². The quantitative estimate of drug-likeness (QED) is 0.549. The van der Waals surface area contributed by atoms with Gasteiger partial charge < -0.3 is 4.74 Å². The fraction of sp³-hybridized carbons (Fsp3) is 0.143. The molecule has 1 nitrogen and oxygen atoms in total. The third-order valence-corrected chi connectivity index (χ3v) is 3.14. The van der Waals surface area contributed by atoms with E-state index < -0.39 is 0 Å². The van der Waals surface area contributed by atoms with E-state index in [-0.39, 0.29) is 0 Å². The van der Waals surface area contributed by atoms with Crippen LogP contribution >= 0.6 is 27.7 Å². The highest BCUT2D eigenvalue weighted by atomic mass is 79.9. The fourth-order valence-corrected chi connectivity index (χ4v) is 2.27. The second kappa shape index (κ2) is 7.41. The number of allylic oxidation sites excluding steroid dienone is 2. The zero-order valence-electron chi connectivity index (χ0n) is 9.78. The Morgan fingerprint density at radius 3 is 2.88 bits per heavy atom. The first kappa shape index (κ1) is 14.1. The number of rotatable bonds is 6. The van der Waals surface area contributed by atoms with Crippen LogP contribution in [0.2, 0.25) is 0 Å². The van der Waals surface area contributed by atoms with Crippen molar-refractivity contribution in [2.45, 2.75) is 4.90 Å². The molecule has 0 aliphatic rings. The molecule has 0 heterocycles. The summed E-state index contributed by atoms with van der Waals surface area (Å²) >= 11 is 5.15. The van der Waals surface area contributed by atoms with Crippen molar-refractivity contribution in [3.63, 3.8) is 0 Å². The average Bonchev–Trinajstić information content (AvgIpc) is 2.33. The monoisotopic (exact) mass is 310 g/mol. The van der Waals surface area contributed by atoms with E-state index in [9.17, 15) is 0 Å². The summed E-state index contributed by atoms with van der Waals surface area (Å²) < 4.78 is 6.68. The molecule has 3 heteroatoms. The van der Waals surface area contributed by atoms with Crippen LogP contribution in [-0.2, 0) is 0 Å². The van der Waals surface area contributed by atoms with Crippen LogP contribution in [0.5, 0.6) is 5.75 Å². The topological polar surface area (TPSA) is 9.23 Å². The van der Waals surface area contributed by atoms with Gasteiger partial charge in [0.15, 0.2) is 0 Å². The molecule has 1 rings (SSSR count). The highest BCUT2D eigenvalue weighted by Crippen LogP contribution is 2.27. The molecule has 0 saturated heterocycles. The predicted octanol–water partition coefficient (Wildman–Crippen LogP) is 4.85. The molecule has 0 amide bonds. The Kier molecular flexibility index (Phi) is 6.16. The molecule has 90 valence electrons. The lowest BCUT2D eigenvalue weighted by Gasteiger charge is -2.08. The smallest absolute Gasteiger partial charge is 0.122 e. The molecule has 1 aromatic rings. The Morgan fingerprint density at radius 2 is 2.24 bits per heavy atom. The number of ether oxygens (including phenoxy) is 1. The maximum absolute atomic E-state index is 5.66. The fourth-order valence-electron chi connectivity index (χ4n) is 1.17. The second-order valence-electron chi connectivity index (χ2n) is 3.37. The zero-order chi connectivity index (χ0) is 12.7. The summed E-state index contributed by atoms with van der Waals surface area (Å²) in [6.07, 6.45) is 7.49. The Labute approximate surface area is 115 Å². The number of benzene rings is 1. The second-order valence-corrected chi connectivity index (χ2v) is 5.16. The first-order valence-electron chi connectivity index (χ1n) is 5.10. The van der Waals surface area contributed by atoms with Crippen molar-refractivity contribution in [2.24, 2.45) is 0 Å². The summed E-state index contributed by atoms with van der Waals surface area (Å²) in [4.78, 5) is 1.17. The van der Waals surface area contributed by atoms with Crippen molar-refractivity contribution in [3.8, 4) is 5.75 Å². The molecular formula is C14H15BrOS. The minimum atomic E-state index is 0.481. The maximum Gasteiger partial charge on any atom is 0.122 e. The Morgan fingerprint density at radius 1 is 1.47 bits per heavy atom. The SMILES string of the molecule is C=C/C=C\C(=C)COc1cc(Br)cc(SC)c1. The molecule has 0 fully saturated rings. The van der Waals surface area contributed by atoms with Crippen LogP contribution in [0.4, 0.5) is 0 Å². The van der Waals surface area contributed by atoms with Crippen LogP contribution in [0.1, 0.15) is 0 Å². The molecule has 0 N–H and O–H groups in total. The molecule has 0 radical (unpaired) electrons. The summed E-state index contributed by atoms with van der Waals surface area (Å²) in [6.45, 7) is 7.98. The molecule has 0 atom stereocenters. The van der Waals surface area contributed by atoms with E-state index in [1.54, 1.807) is 17.8 Å². The van der Waals surface area contributed by atoms with Crippen molar-refractivity contribution in [2.75, 3.05) is 12.9 Å². The normalized spacial score (nSPS) is 10.5. The summed E-state index contributed by atoms with van der Waals surface area (Å²) in [7, 11) is 0. The van der Waals surface area contributed by atoms with Gasteiger partial charge in [0.2, 0.25) is 0 Å². The Hall–Kier alpha value is -0.930. The molecule has 0 aliphatic heterocycles. The van der Waals surface area contributed by atoms with Gasteiger partial charge in [-0.05, 0) is 30.0 Å². The summed E-state index contributed by atoms with van der Waals surface area (Å²) in [5.74, 6) is 0.844. The highest BCUT2D eigenvalue weighted by Gasteiger charge is 2.00. The molecule has 1 aromatic carbocycles. The van der Waals surface area contributed by atoms with Gasteiger partial charge in [-0.15, -0.1) is 11.8 Å². The molecule has 0 aliphatic carbocycles. The van der Waals surface area contributed by atoms with Gasteiger partial charge in [0.05, 0.1) is 0 Å². The van der Waals surface area contributed by atoms with Crippen molar-refractivity contribution in [1.82, 2.24) is 0 Å². The maximum atomic E-state index is 5.66. The number of halogens is 1. The zero-order valence-corrected chi connectivity index (χ0v) is 12.2. The van der Waals surface area contributed by atoms with E-state index in [4.69, 9.17) is 4.74 Å². The van der Waals surface area contributed by atoms with E-state index in [0.717, 1.165) is 15.8 Å². The van der Waals surface area contributed by atoms with Gasteiger partial charge in [-0.2, -0.15) is 0 Å². The molecule has 0 aromatic heterocycles. The molecular weight excluding hydrogens is 296 g/mol. The van der Waals surface area contributed by atoms with E-state index in [1.165, 1.54) is 4.90 Å². The molecule has 0 unspecified atom stereocenters. The van der Waals surface area contributed by atoms with E-state index in [2.05, 4.69) is 35.2 Å². The third-order valence-electron chi connectivity index (χ3n) is 1.97. The van der Waals surface area contributed by atoms with Crippen molar-refractivity contribution in [1.29, 1.82) is 0 Å². The summed E-state index contributed by atoms with van der Waals surface area (Å²) in [5.41, 5.74) is 0.913. The lowest BCUT2D eigenvalue weighted by molar-refractivity contribution is 0.355. The van der Waals surface area contributed by atoms with Gasteiger partial charge in [-0.25, -0.2) is 0 Å². The molecule has 0 spiro atoms. The van der Waals surface area contributed by atoms with Gasteiger partial charge in [0, 0.05) is 9.37 Å². The number of thioether (sulfide) groups is 1. The van der Waals surface area contributed by atoms with Crippen molar-refractivity contribution in [3.05, 3.63) is 59.6 Å². The van der Waals surface area contributed by atoms with Crippen LogP contribution in [0.3, 0.4) is 0 Å². The van der Waals surface area contributed by atoms with Crippen LogP contribution < -0.4 is 4.74 Å². The molecule has 0 saturated carbocycles. The van der Waals surface area contributed by atoms with Crippen molar-refractivity contribution >= 4 is 27.7 Å². The lowest BCUT2D eigenvalue weighted by Crippen LogP contribution is -1.98. The van der Waals surface area contributed by atoms with E-state index in [1.807, 2.05) is 30.5 Å². The van der Waals surface area contributed by atoms with Gasteiger partial charge in [-0.3, -0.25) is 0 Å². The predicted molar refractivity (Wildman–Crippen MR) is 79.9 cm³/mol. The third kappa shape index (κ3) is 5.29. The number of hydrogen-bond donors (Lipinski definition) is 0. The number of hydrogen-bond acceptors (Lipinski definition) is 2. The van der Waals surface area contributed by atoms with Crippen LogP contribution in [0, 0.1) is 0 Å². The van der Waals surface area contributed by atoms with Gasteiger partial charge >= 0.3 is 0 Å². The van der Waals surface area contributed by atoms with E-state index >= 15 is 0 Å². The lowest BCUT2D eigenvalue weighted by atomic mass is 10.3. The Bertz CT molecular complexity index is 438. The summed E-state index contributed by atoms with van der Waals surface area (Å²) in [6, 6.07) is 6.02. The van der Waals surface area contributed by atoms with Gasteiger partial charge in [-0.1, -0.05) is 47.3 Å². The first-order valence-corrected chi connectivity index (χ1v) is 7.11. The molecule has 17 heavy (non-hydrogen) atoms. The Balaban J connectivity index is 2.62. The van der Waals surface area contributed by atoms with Gasteiger partial charge in [0.1, 0.15) is 12.4 Å². The first-order chi connectivity index (χ1) is 8.15. The van der Waals surface area contributed by atoms with Crippen molar-refractivity contribution < 1.29 is 4.74 Å². The van der Waals surface area contributed by atoms with Crippen LogP contribution in [0.25, 0.3) is 0 Å². The van der Waals surface area contributed by atoms with Crippen LogP contribution in [-0.4, -0.2) is 12.9 Å².